The first-order valence-corrected chi connectivity index (χ1v) is 6.63. The fraction of sp³-hybridized carbons (Fsp3) is 0.125. The Balaban J connectivity index is 2.21. The first kappa shape index (κ1) is 14.9. The number of halogens is 1. The van der Waals surface area contributed by atoms with Crippen LogP contribution in [0.5, 0.6) is 5.75 Å². The van der Waals surface area contributed by atoms with Gasteiger partial charge in [0, 0.05) is 10.6 Å². The van der Waals surface area contributed by atoms with E-state index in [0.29, 0.717) is 16.3 Å². The van der Waals surface area contributed by atoms with Gasteiger partial charge in [0.15, 0.2) is 5.71 Å². The zero-order valence-electron chi connectivity index (χ0n) is 11.4. The maximum Gasteiger partial charge on any atom is 0.187 e. The van der Waals surface area contributed by atoms with Gasteiger partial charge in [0.2, 0.25) is 0 Å². The first-order chi connectivity index (χ1) is 10.2. The number of benzene rings is 2. The molecule has 0 amide bonds. The number of nitrogens with zero attached hydrogens (tertiary/aromatic N) is 2. The van der Waals surface area contributed by atoms with E-state index >= 15 is 0 Å². The van der Waals surface area contributed by atoms with Crippen molar-refractivity contribution >= 4 is 17.3 Å². The lowest BCUT2D eigenvalue weighted by molar-refractivity contribution is 0.305. The number of hydrogen-bond acceptors (Lipinski definition) is 4. The molecular formula is C16H13ClN2O2. The second kappa shape index (κ2) is 6.78. The zero-order chi connectivity index (χ0) is 15.2. The molecule has 0 aliphatic heterocycles. The van der Waals surface area contributed by atoms with Gasteiger partial charge in [-0.15, -0.1) is 0 Å². The van der Waals surface area contributed by atoms with Crippen LogP contribution in [0.2, 0.25) is 5.02 Å². The largest absolute Gasteiger partial charge is 0.489 e. The lowest BCUT2D eigenvalue weighted by Crippen LogP contribution is -2.05. The molecule has 0 unspecified atom stereocenters. The second-order valence-corrected chi connectivity index (χ2v) is 4.82. The van der Waals surface area contributed by atoms with Crippen molar-refractivity contribution in [3.8, 4) is 11.8 Å². The zero-order valence-corrected chi connectivity index (χ0v) is 12.1. The number of ether oxygens (including phenoxy) is 1. The number of rotatable bonds is 4. The molecule has 0 aliphatic rings. The highest BCUT2D eigenvalue weighted by Gasteiger charge is 2.09. The third-order valence-corrected chi connectivity index (χ3v) is 3.43. The Morgan fingerprint density at radius 2 is 2.10 bits per heavy atom. The highest BCUT2D eigenvalue weighted by Crippen LogP contribution is 2.22. The molecule has 0 spiro atoms. The van der Waals surface area contributed by atoms with Crippen molar-refractivity contribution in [3.63, 3.8) is 0 Å². The average Bonchev–Trinajstić information content (AvgIpc) is 2.51. The van der Waals surface area contributed by atoms with Crippen LogP contribution in [0.4, 0.5) is 0 Å². The van der Waals surface area contributed by atoms with Gasteiger partial charge in [-0.25, -0.2) is 0 Å². The quantitative estimate of drug-likeness (QED) is 0.528. The minimum atomic E-state index is -0.0403. The highest BCUT2D eigenvalue weighted by molar-refractivity contribution is 6.31. The van der Waals surface area contributed by atoms with Crippen molar-refractivity contribution in [3.05, 3.63) is 64.2 Å². The van der Waals surface area contributed by atoms with E-state index in [2.05, 4.69) is 5.16 Å². The molecule has 0 saturated carbocycles. The average molecular weight is 301 g/mol. The molecule has 5 heteroatoms. The predicted octanol–water partition coefficient (Wildman–Crippen LogP) is 3.93. The molecule has 21 heavy (non-hydrogen) atoms. The van der Waals surface area contributed by atoms with Crippen molar-refractivity contribution in [1.29, 1.82) is 5.26 Å². The molecule has 0 atom stereocenters. The van der Waals surface area contributed by atoms with Crippen LogP contribution in [0.3, 0.4) is 0 Å². The highest BCUT2D eigenvalue weighted by atomic mass is 35.5. The summed E-state index contributed by atoms with van der Waals surface area (Å²) in [6.07, 6.45) is 0. The topological polar surface area (TPSA) is 65.6 Å². The van der Waals surface area contributed by atoms with Crippen LogP contribution in [-0.4, -0.2) is 10.9 Å². The monoisotopic (exact) mass is 300 g/mol. The molecule has 2 aromatic rings. The van der Waals surface area contributed by atoms with Crippen LogP contribution < -0.4 is 4.74 Å². The fourth-order valence-corrected chi connectivity index (χ4v) is 2.00. The summed E-state index contributed by atoms with van der Waals surface area (Å²) in [5, 5.41) is 21.5. The van der Waals surface area contributed by atoms with E-state index in [9.17, 15) is 0 Å². The Bertz CT molecular complexity index is 720. The molecule has 4 nitrogen and oxygen atoms in total. The Morgan fingerprint density at radius 3 is 2.76 bits per heavy atom. The van der Waals surface area contributed by atoms with Crippen molar-refractivity contribution in [2.45, 2.75) is 13.5 Å². The molecule has 2 aromatic carbocycles. The normalized spacial score (nSPS) is 11.0. The minimum Gasteiger partial charge on any atom is -0.489 e. The van der Waals surface area contributed by atoms with Crippen LogP contribution in [0.15, 0.2) is 47.6 Å². The van der Waals surface area contributed by atoms with Gasteiger partial charge in [-0.3, -0.25) is 0 Å². The lowest BCUT2D eigenvalue weighted by atomic mass is 10.0. The third-order valence-electron chi connectivity index (χ3n) is 3.00. The number of oxime groups is 1. The molecule has 0 bridgehead atoms. The molecule has 1 N–H and O–H groups in total. The summed E-state index contributed by atoms with van der Waals surface area (Å²) >= 11 is 5.97. The van der Waals surface area contributed by atoms with Crippen LogP contribution in [0.1, 0.15) is 16.7 Å². The maximum absolute atomic E-state index is 8.96. The van der Waals surface area contributed by atoms with E-state index in [1.54, 1.807) is 24.3 Å². The summed E-state index contributed by atoms with van der Waals surface area (Å²) in [6, 6.07) is 14.4. The second-order valence-electron chi connectivity index (χ2n) is 4.42. The summed E-state index contributed by atoms with van der Waals surface area (Å²) < 4.78 is 5.70. The third kappa shape index (κ3) is 3.53. The molecule has 2 rings (SSSR count). The van der Waals surface area contributed by atoms with Gasteiger partial charge in [-0.1, -0.05) is 41.0 Å². The molecule has 0 fully saturated rings. The standard InChI is InChI=1S/C16H13ClN2O2/c1-11-8-13(6-7-15(11)17)21-10-12-4-2-3-5-14(12)16(9-18)19-20/h2-8,20H,10H2,1H3/b19-16-. The van der Waals surface area contributed by atoms with E-state index in [-0.39, 0.29) is 12.3 Å². The van der Waals surface area contributed by atoms with Crippen molar-refractivity contribution in [1.82, 2.24) is 0 Å². The molecular weight excluding hydrogens is 288 g/mol. The van der Waals surface area contributed by atoms with Gasteiger partial charge in [0.1, 0.15) is 18.4 Å². The van der Waals surface area contributed by atoms with E-state index in [4.69, 9.17) is 26.8 Å². The van der Waals surface area contributed by atoms with Crippen LogP contribution in [0.25, 0.3) is 0 Å². The van der Waals surface area contributed by atoms with Gasteiger partial charge in [-0.05, 0) is 36.2 Å². The summed E-state index contributed by atoms with van der Waals surface area (Å²) in [4.78, 5) is 0. The minimum absolute atomic E-state index is 0.0403. The Morgan fingerprint density at radius 1 is 1.33 bits per heavy atom. The SMILES string of the molecule is Cc1cc(OCc2ccccc2/C(C#N)=N\O)ccc1Cl. The van der Waals surface area contributed by atoms with E-state index in [1.807, 2.05) is 31.2 Å². The van der Waals surface area contributed by atoms with Gasteiger partial charge in [0.25, 0.3) is 0 Å². The first-order valence-electron chi connectivity index (χ1n) is 6.25. The van der Waals surface area contributed by atoms with Gasteiger partial charge >= 0.3 is 0 Å². The molecule has 0 heterocycles. The number of hydrogen-bond donors (Lipinski definition) is 1. The van der Waals surface area contributed by atoms with Crippen LogP contribution in [-0.2, 0) is 6.61 Å². The van der Waals surface area contributed by atoms with E-state index in [1.165, 1.54) is 0 Å². The predicted molar refractivity (Wildman–Crippen MR) is 80.9 cm³/mol. The van der Waals surface area contributed by atoms with Crippen molar-refractivity contribution in [2.24, 2.45) is 5.16 Å². The van der Waals surface area contributed by atoms with E-state index in [0.717, 1.165) is 11.1 Å². The van der Waals surface area contributed by atoms with Crippen molar-refractivity contribution < 1.29 is 9.94 Å². The Labute approximate surface area is 127 Å². The molecule has 106 valence electrons. The lowest BCUT2D eigenvalue weighted by Gasteiger charge is -2.10. The molecule has 0 aliphatic carbocycles. The Hall–Kier alpha value is -2.51. The summed E-state index contributed by atoms with van der Waals surface area (Å²) in [7, 11) is 0. The molecule has 0 radical (unpaired) electrons. The van der Waals surface area contributed by atoms with Gasteiger partial charge in [0.05, 0.1) is 0 Å². The molecule has 0 saturated heterocycles. The maximum atomic E-state index is 8.96. The molecule has 0 aromatic heterocycles. The van der Waals surface area contributed by atoms with Crippen molar-refractivity contribution in [2.75, 3.05) is 0 Å². The number of aryl methyl sites for hydroxylation is 1. The Kier molecular flexibility index (Phi) is 4.81. The van der Waals surface area contributed by atoms with Gasteiger partial charge in [-0.2, -0.15) is 5.26 Å². The van der Waals surface area contributed by atoms with Crippen LogP contribution in [0, 0.1) is 18.3 Å². The van der Waals surface area contributed by atoms with Crippen LogP contribution >= 0.6 is 11.6 Å². The summed E-state index contributed by atoms with van der Waals surface area (Å²) in [5.74, 6) is 0.686. The summed E-state index contributed by atoms with van der Waals surface area (Å²) in [6.45, 7) is 2.16. The smallest absolute Gasteiger partial charge is 0.187 e. The summed E-state index contributed by atoms with van der Waals surface area (Å²) in [5.41, 5.74) is 2.20. The van der Waals surface area contributed by atoms with E-state index < -0.39 is 0 Å². The van der Waals surface area contributed by atoms with Gasteiger partial charge < -0.3 is 9.94 Å². The fourth-order valence-electron chi connectivity index (χ4n) is 1.88. The number of nitriles is 1.